The molecular formula is C20H18ClFN4O3S2. The lowest BCUT2D eigenvalue weighted by molar-refractivity contribution is 0.102. The maximum atomic E-state index is 14.1. The quantitative estimate of drug-likeness (QED) is 0.592. The van der Waals surface area contributed by atoms with Crippen LogP contribution in [0.4, 0.5) is 10.1 Å². The fourth-order valence-electron chi connectivity index (χ4n) is 3.36. The van der Waals surface area contributed by atoms with Crippen LogP contribution < -0.4 is 5.32 Å². The molecular weight excluding hydrogens is 463 g/mol. The Morgan fingerprint density at radius 3 is 2.65 bits per heavy atom. The highest BCUT2D eigenvalue weighted by molar-refractivity contribution is 7.89. The number of carbonyl (C=O) groups excluding carboxylic acids is 1. The molecule has 1 atom stereocenters. The highest BCUT2D eigenvalue weighted by atomic mass is 35.5. The summed E-state index contributed by atoms with van der Waals surface area (Å²) in [4.78, 5) is 12.1. The molecule has 162 valence electrons. The highest BCUT2D eigenvalue weighted by Gasteiger charge is 2.34. The third-order valence-electron chi connectivity index (χ3n) is 4.92. The van der Waals surface area contributed by atoms with Crippen molar-refractivity contribution in [3.05, 3.63) is 69.4 Å². The first-order valence-corrected chi connectivity index (χ1v) is 12.1. The van der Waals surface area contributed by atoms with E-state index in [9.17, 15) is 17.6 Å². The molecule has 3 aromatic rings. The van der Waals surface area contributed by atoms with Crippen LogP contribution in [0.15, 0.2) is 53.4 Å². The van der Waals surface area contributed by atoms with Gasteiger partial charge in [0.15, 0.2) is 0 Å². The summed E-state index contributed by atoms with van der Waals surface area (Å²) in [5, 5.41) is 12.1. The molecule has 2 heterocycles. The monoisotopic (exact) mass is 480 g/mol. The maximum absolute atomic E-state index is 14.1. The van der Waals surface area contributed by atoms with E-state index in [0.717, 1.165) is 17.4 Å². The van der Waals surface area contributed by atoms with Gasteiger partial charge in [0.05, 0.1) is 0 Å². The van der Waals surface area contributed by atoms with E-state index in [2.05, 4.69) is 15.5 Å². The smallest absolute Gasteiger partial charge is 0.286 e. The number of sulfonamides is 1. The van der Waals surface area contributed by atoms with Gasteiger partial charge in [0.25, 0.3) is 5.91 Å². The molecule has 0 saturated carbocycles. The van der Waals surface area contributed by atoms with E-state index in [-0.39, 0.29) is 22.4 Å². The Morgan fingerprint density at radius 1 is 1.16 bits per heavy atom. The molecule has 2 aromatic carbocycles. The molecule has 1 amide bonds. The fraction of sp³-hybridized carbons (Fsp3) is 0.250. The predicted octanol–water partition coefficient (Wildman–Crippen LogP) is 4.15. The Labute approximate surface area is 187 Å². The number of anilines is 1. The molecule has 1 aromatic heterocycles. The Morgan fingerprint density at radius 2 is 1.90 bits per heavy atom. The van der Waals surface area contributed by atoms with Gasteiger partial charge in [-0.3, -0.25) is 4.79 Å². The van der Waals surface area contributed by atoms with Gasteiger partial charge in [-0.05, 0) is 49.2 Å². The second-order valence-electron chi connectivity index (χ2n) is 7.04. The number of carbonyl (C=O) groups is 1. The zero-order valence-electron chi connectivity index (χ0n) is 16.2. The largest absolute Gasteiger partial charge is 0.320 e. The third-order valence-corrected chi connectivity index (χ3v) is 8.16. The van der Waals surface area contributed by atoms with Gasteiger partial charge in [-0.25, -0.2) is 12.8 Å². The minimum atomic E-state index is -3.96. The number of rotatable bonds is 5. The van der Waals surface area contributed by atoms with Crippen molar-refractivity contribution in [3.8, 4) is 0 Å². The summed E-state index contributed by atoms with van der Waals surface area (Å²) in [5.74, 6) is -1.40. The second-order valence-corrected chi connectivity index (χ2v) is 10.4. The van der Waals surface area contributed by atoms with Crippen LogP contribution in [-0.2, 0) is 10.0 Å². The maximum Gasteiger partial charge on any atom is 0.286 e. The summed E-state index contributed by atoms with van der Waals surface area (Å²) in [6, 6.07) is 12.0. The van der Waals surface area contributed by atoms with E-state index in [4.69, 9.17) is 11.6 Å². The number of halogens is 2. The van der Waals surface area contributed by atoms with Gasteiger partial charge in [-0.2, -0.15) is 4.31 Å². The van der Waals surface area contributed by atoms with Crippen LogP contribution in [0.3, 0.4) is 0 Å². The van der Waals surface area contributed by atoms with Crippen LogP contribution in [-0.4, -0.2) is 41.9 Å². The van der Waals surface area contributed by atoms with Crippen LogP contribution in [0.25, 0.3) is 0 Å². The number of hydrogen-bond donors (Lipinski definition) is 1. The van der Waals surface area contributed by atoms with Crippen molar-refractivity contribution in [1.82, 2.24) is 14.5 Å². The van der Waals surface area contributed by atoms with Crippen LogP contribution in [0.5, 0.6) is 0 Å². The zero-order chi connectivity index (χ0) is 22.0. The summed E-state index contributed by atoms with van der Waals surface area (Å²) in [6.45, 7) is 0.458. The van der Waals surface area contributed by atoms with E-state index in [1.807, 2.05) is 0 Å². The molecule has 1 aliphatic rings. The van der Waals surface area contributed by atoms with E-state index in [0.29, 0.717) is 35.1 Å². The average Bonchev–Trinajstić information content (AvgIpc) is 3.26. The molecule has 0 bridgehead atoms. The van der Waals surface area contributed by atoms with Gasteiger partial charge in [0, 0.05) is 29.7 Å². The summed E-state index contributed by atoms with van der Waals surface area (Å²) in [6.07, 6.45) is 1.31. The predicted molar refractivity (Wildman–Crippen MR) is 116 cm³/mol. The van der Waals surface area contributed by atoms with Crippen molar-refractivity contribution in [2.75, 3.05) is 18.4 Å². The number of benzene rings is 2. The highest BCUT2D eigenvalue weighted by Crippen LogP contribution is 2.32. The van der Waals surface area contributed by atoms with Gasteiger partial charge in [-0.1, -0.05) is 35.1 Å². The molecule has 0 radical (unpaired) electrons. The topological polar surface area (TPSA) is 92.3 Å². The molecule has 0 aliphatic carbocycles. The van der Waals surface area contributed by atoms with Crippen LogP contribution in [0.2, 0.25) is 5.02 Å². The minimum Gasteiger partial charge on any atom is -0.320 e. The summed E-state index contributed by atoms with van der Waals surface area (Å²) in [5.41, 5.74) is 0.575. The molecule has 1 unspecified atom stereocenters. The minimum absolute atomic E-state index is 0.157. The Bertz CT molecular complexity index is 1200. The fourth-order valence-corrected chi connectivity index (χ4v) is 5.94. The Kier molecular flexibility index (Phi) is 6.33. The summed E-state index contributed by atoms with van der Waals surface area (Å²) in [7, 11) is -3.96. The number of nitrogens with one attached hydrogen (secondary N) is 1. The molecule has 7 nitrogen and oxygen atoms in total. The second kappa shape index (κ2) is 8.99. The normalized spacial score (nSPS) is 17.4. The lowest BCUT2D eigenvalue weighted by Gasteiger charge is -2.30. The Balaban J connectivity index is 1.48. The number of hydrogen-bond acceptors (Lipinski definition) is 6. The van der Waals surface area contributed by atoms with Gasteiger partial charge < -0.3 is 5.32 Å². The first-order chi connectivity index (χ1) is 14.8. The van der Waals surface area contributed by atoms with Crippen LogP contribution in [0.1, 0.15) is 33.6 Å². The van der Waals surface area contributed by atoms with E-state index >= 15 is 0 Å². The van der Waals surface area contributed by atoms with Crippen LogP contribution >= 0.6 is 22.9 Å². The molecule has 1 N–H and O–H groups in total. The van der Waals surface area contributed by atoms with Crippen LogP contribution in [0, 0.1) is 5.82 Å². The van der Waals surface area contributed by atoms with Gasteiger partial charge in [0.2, 0.25) is 15.0 Å². The number of amides is 1. The number of aromatic nitrogens is 2. The van der Waals surface area contributed by atoms with Gasteiger partial charge in [-0.15, -0.1) is 10.2 Å². The van der Waals surface area contributed by atoms with Crippen molar-refractivity contribution in [1.29, 1.82) is 0 Å². The molecule has 1 aliphatic heterocycles. The zero-order valence-corrected chi connectivity index (χ0v) is 18.6. The standard InChI is InChI=1S/C20H18ClFN4O3S2/c21-14-7-9-15(10-8-14)23-18(27)20-25-24-19(30-20)13-4-3-11-26(12-13)31(28,29)17-6-2-1-5-16(17)22/h1-2,5-10,13H,3-4,11-12H2,(H,23,27). The first kappa shape index (κ1) is 21.8. The molecule has 1 fully saturated rings. The van der Waals surface area contributed by atoms with E-state index < -0.39 is 21.7 Å². The third kappa shape index (κ3) is 4.77. The molecule has 0 spiro atoms. The van der Waals surface area contributed by atoms with Crippen molar-refractivity contribution in [3.63, 3.8) is 0 Å². The number of nitrogens with zero attached hydrogens (tertiary/aromatic N) is 3. The summed E-state index contributed by atoms with van der Waals surface area (Å²) < 4.78 is 41.2. The van der Waals surface area contributed by atoms with E-state index in [1.165, 1.54) is 22.5 Å². The van der Waals surface area contributed by atoms with Crippen molar-refractivity contribution >= 4 is 44.6 Å². The number of piperidine rings is 1. The van der Waals surface area contributed by atoms with Crippen molar-refractivity contribution < 1.29 is 17.6 Å². The average molecular weight is 481 g/mol. The lowest BCUT2D eigenvalue weighted by Crippen LogP contribution is -2.39. The molecule has 4 rings (SSSR count). The lowest BCUT2D eigenvalue weighted by atomic mass is 10.0. The van der Waals surface area contributed by atoms with Crippen molar-refractivity contribution in [2.24, 2.45) is 0 Å². The van der Waals surface area contributed by atoms with E-state index in [1.54, 1.807) is 24.3 Å². The molecule has 1 saturated heterocycles. The molecule has 31 heavy (non-hydrogen) atoms. The SMILES string of the molecule is O=C(Nc1ccc(Cl)cc1)c1nnc(C2CCCN(S(=O)(=O)c3ccccc3F)C2)s1. The van der Waals surface area contributed by atoms with Gasteiger partial charge in [0.1, 0.15) is 15.7 Å². The Hall–Kier alpha value is -2.40. The first-order valence-electron chi connectivity index (χ1n) is 9.49. The summed E-state index contributed by atoms with van der Waals surface area (Å²) >= 11 is 6.97. The van der Waals surface area contributed by atoms with Gasteiger partial charge >= 0.3 is 0 Å². The molecule has 11 heteroatoms. The van der Waals surface area contributed by atoms with Crippen molar-refractivity contribution in [2.45, 2.75) is 23.7 Å².